The van der Waals surface area contributed by atoms with Crippen molar-refractivity contribution in [3.63, 3.8) is 0 Å². The van der Waals surface area contributed by atoms with Crippen LogP contribution < -0.4 is 0 Å². The largest absolute Gasteiger partial charge is 6.00 e. The van der Waals surface area contributed by atoms with Crippen molar-refractivity contribution >= 4 is 12.4 Å². The van der Waals surface area contributed by atoms with Crippen LogP contribution in [0.1, 0.15) is 0 Å². The van der Waals surface area contributed by atoms with Gasteiger partial charge in [-0.15, -0.1) is 12.4 Å². The van der Waals surface area contributed by atoms with E-state index < -0.39 is 0 Å². The minimum absolute atomic E-state index is 0. The van der Waals surface area contributed by atoms with Crippen LogP contribution in [0, 0.1) is 0 Å². The van der Waals surface area contributed by atoms with E-state index in [0.717, 1.165) is 0 Å². The van der Waals surface area contributed by atoms with Crippen molar-refractivity contribution < 1.29 is 33.8 Å². The Morgan fingerprint density at radius 3 is 1.18 bits per heavy atom. The molecule has 4 nitrogen and oxygen atoms in total. The Labute approximate surface area is 82.1 Å². The molecule has 62 valence electrons. The predicted octanol–water partition coefficient (Wildman–Crippen LogP) is 1.14. The molecule has 0 N–H and O–H groups in total. The van der Waals surface area contributed by atoms with Crippen LogP contribution in [0.15, 0.2) is 30.6 Å². The molecule has 1 rings (SSSR count). The summed E-state index contributed by atoms with van der Waals surface area (Å²) in [6.45, 7) is 0. The number of aromatic nitrogens is 1. The molecule has 0 spiro atoms. The van der Waals surface area contributed by atoms with Gasteiger partial charge >= 0.3 is 17.4 Å². The van der Waals surface area contributed by atoms with Gasteiger partial charge in [0.2, 0.25) is 0 Å². The van der Waals surface area contributed by atoms with Crippen molar-refractivity contribution in [2.24, 2.45) is 0 Å². The van der Waals surface area contributed by atoms with E-state index in [1.54, 1.807) is 12.4 Å². The predicted molar refractivity (Wildman–Crippen MR) is 33.5 cm³/mol. The van der Waals surface area contributed by atoms with Crippen LogP contribution in [0.25, 0.3) is 0 Å². The zero-order valence-electron chi connectivity index (χ0n) is 5.38. The van der Waals surface area contributed by atoms with Crippen LogP contribution in [0.5, 0.6) is 0 Å². The maximum Gasteiger partial charge on any atom is 6.00 e. The molecule has 0 bridgehead atoms. The van der Waals surface area contributed by atoms with E-state index in [0.29, 0.717) is 0 Å². The van der Waals surface area contributed by atoms with E-state index in [1.807, 2.05) is 18.2 Å². The second kappa shape index (κ2) is 22.5. The fourth-order valence-electron chi connectivity index (χ4n) is 0.313. The fourth-order valence-corrected chi connectivity index (χ4v) is 0.313. The summed E-state index contributed by atoms with van der Waals surface area (Å²) in [6.07, 6.45) is 3.50. The third-order valence-corrected chi connectivity index (χ3v) is 0.566. The summed E-state index contributed by atoms with van der Waals surface area (Å²) in [4.78, 5) is 3.78. The smallest absolute Gasteiger partial charge is 2.00 e. The molecular weight excluding hydrogens is 210 g/mol. The Morgan fingerprint density at radius 1 is 0.727 bits per heavy atom. The first-order valence-corrected chi connectivity index (χ1v) is 1.85. The van der Waals surface area contributed by atoms with E-state index in [9.17, 15) is 0 Å². The normalized spacial score (nSPS) is 4.36. The quantitative estimate of drug-likeness (QED) is 0.637. The van der Waals surface area contributed by atoms with E-state index in [4.69, 9.17) is 0 Å². The average Bonchev–Trinajstić information content (AvgIpc) is 1.72. The second-order valence-electron chi connectivity index (χ2n) is 1.02. The van der Waals surface area contributed by atoms with Crippen molar-refractivity contribution in [2.75, 3.05) is 0 Å². The molecule has 1 aromatic heterocycles. The number of nitrogens with zero attached hydrogens (tertiary/aromatic N) is 1. The molecule has 11 heavy (non-hydrogen) atoms. The number of hydrogen-bond acceptors (Lipinski definition) is 1. The number of pyridine rings is 1. The SMILES string of the molecule is Cl.[Cr+6].[O-2].[O-2].[O-2].c1ccncc1. The van der Waals surface area contributed by atoms with Crippen LogP contribution >= 0.6 is 12.4 Å². The topological polar surface area (TPSA) is 98.4 Å². The van der Waals surface area contributed by atoms with E-state index in [2.05, 4.69) is 4.98 Å². The minimum atomic E-state index is 0. The molecule has 1 heterocycles. The first-order chi connectivity index (χ1) is 3.00. The first kappa shape index (κ1) is 30.8. The molecule has 0 aliphatic carbocycles. The molecule has 0 radical (unpaired) electrons. The van der Waals surface area contributed by atoms with Gasteiger partial charge in [-0.3, -0.25) is 4.98 Å². The van der Waals surface area contributed by atoms with Crippen LogP contribution in [-0.2, 0) is 33.8 Å². The van der Waals surface area contributed by atoms with Crippen molar-refractivity contribution in [1.29, 1.82) is 0 Å². The second-order valence-corrected chi connectivity index (χ2v) is 1.02. The summed E-state index contributed by atoms with van der Waals surface area (Å²) < 4.78 is 0. The maximum absolute atomic E-state index is 3.78. The average molecular weight is 216 g/mol. The van der Waals surface area contributed by atoms with Gasteiger partial charge in [-0.1, -0.05) is 6.07 Å². The van der Waals surface area contributed by atoms with Gasteiger partial charge in [0.25, 0.3) is 0 Å². The van der Waals surface area contributed by atoms with Crippen molar-refractivity contribution in [2.45, 2.75) is 0 Å². The zero-order valence-corrected chi connectivity index (χ0v) is 7.47. The third-order valence-electron chi connectivity index (χ3n) is 0.566. The molecule has 0 aromatic carbocycles. The number of halogens is 1. The van der Waals surface area contributed by atoms with E-state index in [-0.39, 0.29) is 46.2 Å². The molecule has 0 saturated heterocycles. The maximum atomic E-state index is 3.78. The summed E-state index contributed by atoms with van der Waals surface area (Å²) >= 11 is 0. The van der Waals surface area contributed by atoms with E-state index >= 15 is 0 Å². The Hall–Kier alpha value is -0.148. The van der Waals surface area contributed by atoms with Gasteiger partial charge in [0.1, 0.15) is 0 Å². The van der Waals surface area contributed by atoms with Gasteiger partial charge < -0.3 is 16.4 Å². The summed E-state index contributed by atoms with van der Waals surface area (Å²) in [7, 11) is 0. The monoisotopic (exact) mass is 215 g/mol. The molecule has 6 heteroatoms. The molecule has 0 fully saturated rings. The van der Waals surface area contributed by atoms with Crippen molar-refractivity contribution in [3.05, 3.63) is 30.6 Å². The van der Waals surface area contributed by atoms with Crippen LogP contribution in [-0.4, -0.2) is 4.98 Å². The number of hydrogen-bond donors (Lipinski definition) is 0. The van der Waals surface area contributed by atoms with Gasteiger partial charge in [-0.25, -0.2) is 0 Å². The molecule has 0 aliphatic heterocycles. The summed E-state index contributed by atoms with van der Waals surface area (Å²) in [5.41, 5.74) is 0. The first-order valence-electron chi connectivity index (χ1n) is 1.85. The van der Waals surface area contributed by atoms with Gasteiger partial charge in [-0.2, -0.15) is 0 Å². The van der Waals surface area contributed by atoms with E-state index in [1.165, 1.54) is 0 Å². The Bertz CT molecular complexity index is 93.7. The molecule has 0 atom stereocenters. The van der Waals surface area contributed by atoms with Crippen LogP contribution in [0.3, 0.4) is 0 Å². The van der Waals surface area contributed by atoms with Gasteiger partial charge in [-0.05, 0) is 12.1 Å². The molecule has 0 saturated carbocycles. The van der Waals surface area contributed by atoms with Crippen molar-refractivity contribution in [3.8, 4) is 0 Å². The molecule has 0 aliphatic rings. The van der Waals surface area contributed by atoms with Gasteiger partial charge in [0.15, 0.2) is 0 Å². The van der Waals surface area contributed by atoms with Crippen LogP contribution in [0.2, 0.25) is 0 Å². The van der Waals surface area contributed by atoms with Crippen molar-refractivity contribution in [1.82, 2.24) is 4.98 Å². The Kier molecular flexibility index (Phi) is 63.0. The number of rotatable bonds is 0. The Morgan fingerprint density at radius 2 is 1.09 bits per heavy atom. The van der Waals surface area contributed by atoms with Gasteiger partial charge in [0.05, 0.1) is 0 Å². The fraction of sp³-hybridized carbons (Fsp3) is 0. The standard InChI is InChI=1S/C5H5N.ClH.Cr.3O/c1-2-4-6-5-3-1;;;;;/h1-5H;1H;;;;/q;;+6;3*-2. The zero-order chi connectivity index (χ0) is 4.24. The molecule has 0 unspecified atom stereocenters. The van der Waals surface area contributed by atoms with Crippen LogP contribution in [0.4, 0.5) is 0 Å². The third kappa shape index (κ3) is 17.7. The summed E-state index contributed by atoms with van der Waals surface area (Å²) in [5, 5.41) is 0. The molecule has 1 aromatic rings. The summed E-state index contributed by atoms with van der Waals surface area (Å²) in [5.74, 6) is 0. The minimum Gasteiger partial charge on any atom is -2.00 e. The summed E-state index contributed by atoms with van der Waals surface area (Å²) in [6, 6.07) is 5.72. The Balaban J connectivity index is -0.0000000240. The van der Waals surface area contributed by atoms with Gasteiger partial charge in [0, 0.05) is 12.4 Å². The molecular formula is C5H6ClCrNO3. The molecule has 0 amide bonds.